The molecule has 20 heavy (non-hydrogen) atoms. The van der Waals surface area contributed by atoms with Gasteiger partial charge in [0.2, 0.25) is 0 Å². The van der Waals surface area contributed by atoms with Gasteiger partial charge >= 0.3 is 5.97 Å². The quantitative estimate of drug-likeness (QED) is 0.762. The third kappa shape index (κ3) is 1.97. The number of fused-ring (bicyclic) bond motifs is 1. The van der Waals surface area contributed by atoms with Crippen LogP contribution in [0.5, 0.6) is 0 Å². The van der Waals surface area contributed by atoms with Gasteiger partial charge in [0.25, 0.3) is 0 Å². The molecule has 1 heterocycles. The zero-order valence-corrected chi connectivity index (χ0v) is 11.4. The lowest BCUT2D eigenvalue weighted by Crippen LogP contribution is -2.06. The maximum atomic E-state index is 11.5. The van der Waals surface area contributed by atoms with Crippen LogP contribution in [0.1, 0.15) is 21.6 Å². The second-order valence-corrected chi connectivity index (χ2v) is 5.07. The van der Waals surface area contributed by atoms with E-state index in [1.165, 1.54) is 0 Å². The van der Waals surface area contributed by atoms with E-state index in [1.807, 2.05) is 50.2 Å². The molecule has 0 amide bonds. The van der Waals surface area contributed by atoms with Crippen molar-refractivity contribution in [2.24, 2.45) is 0 Å². The Kier molecular flexibility index (Phi) is 2.83. The number of nitrogens with zero attached hydrogens (tertiary/aromatic N) is 1. The van der Waals surface area contributed by atoms with Crippen LogP contribution in [-0.2, 0) is 0 Å². The molecule has 0 radical (unpaired) electrons. The fourth-order valence-electron chi connectivity index (χ4n) is 2.67. The van der Waals surface area contributed by atoms with Crippen LogP contribution in [0.15, 0.2) is 48.5 Å². The van der Waals surface area contributed by atoms with Crippen molar-refractivity contribution < 1.29 is 9.90 Å². The third-order valence-corrected chi connectivity index (χ3v) is 3.39. The molecule has 0 aliphatic rings. The van der Waals surface area contributed by atoms with Gasteiger partial charge in [0, 0.05) is 11.1 Å². The molecule has 3 heteroatoms. The summed E-state index contributed by atoms with van der Waals surface area (Å²) in [6, 6.07) is 15.5. The van der Waals surface area contributed by atoms with E-state index in [4.69, 9.17) is 0 Å². The first-order valence-corrected chi connectivity index (χ1v) is 6.49. The molecule has 2 aromatic carbocycles. The van der Waals surface area contributed by atoms with Crippen LogP contribution in [0.25, 0.3) is 16.6 Å². The molecule has 0 aliphatic carbocycles. The number of carbonyl (C=O) groups is 1. The molecule has 0 unspecified atom stereocenters. The van der Waals surface area contributed by atoms with Crippen LogP contribution in [0, 0.1) is 13.8 Å². The number of hydrogen-bond donors (Lipinski definition) is 1. The van der Waals surface area contributed by atoms with Gasteiger partial charge in [-0.1, -0.05) is 24.3 Å². The molecule has 0 fully saturated rings. The number of carboxylic acids is 1. The van der Waals surface area contributed by atoms with Crippen molar-refractivity contribution in [3.63, 3.8) is 0 Å². The van der Waals surface area contributed by atoms with Gasteiger partial charge in [-0.25, -0.2) is 4.79 Å². The van der Waals surface area contributed by atoms with Gasteiger partial charge in [-0.3, -0.25) is 0 Å². The van der Waals surface area contributed by atoms with E-state index >= 15 is 0 Å². The average molecular weight is 265 g/mol. The van der Waals surface area contributed by atoms with Crippen molar-refractivity contribution in [2.45, 2.75) is 13.8 Å². The summed E-state index contributed by atoms with van der Waals surface area (Å²) in [6.45, 7) is 4.03. The van der Waals surface area contributed by atoms with Crippen LogP contribution in [0.3, 0.4) is 0 Å². The maximum Gasteiger partial charge on any atom is 0.352 e. The zero-order valence-electron chi connectivity index (χ0n) is 11.4. The number of carboxylic acid groups (broad SMARTS) is 1. The minimum Gasteiger partial charge on any atom is -0.477 e. The number of aryl methyl sites for hydroxylation is 2. The van der Waals surface area contributed by atoms with Crippen molar-refractivity contribution in [2.75, 3.05) is 0 Å². The highest BCUT2D eigenvalue weighted by atomic mass is 16.4. The van der Waals surface area contributed by atoms with Crippen molar-refractivity contribution in [1.29, 1.82) is 0 Å². The molecule has 3 rings (SSSR count). The Morgan fingerprint density at radius 3 is 2.30 bits per heavy atom. The molecule has 0 aliphatic heterocycles. The van der Waals surface area contributed by atoms with Crippen molar-refractivity contribution >= 4 is 16.9 Å². The van der Waals surface area contributed by atoms with Crippen molar-refractivity contribution in [3.8, 4) is 5.69 Å². The van der Waals surface area contributed by atoms with E-state index in [-0.39, 0.29) is 5.69 Å². The van der Waals surface area contributed by atoms with Gasteiger partial charge in [0.05, 0.1) is 5.52 Å². The molecular formula is C17H15NO2. The molecule has 0 saturated carbocycles. The van der Waals surface area contributed by atoms with Crippen molar-refractivity contribution in [1.82, 2.24) is 4.57 Å². The zero-order chi connectivity index (χ0) is 14.3. The number of rotatable bonds is 2. The van der Waals surface area contributed by atoms with Crippen LogP contribution < -0.4 is 0 Å². The minimum atomic E-state index is -0.916. The SMILES string of the molecule is Cc1cc(C)cc(-n2c(C(=O)O)cc3ccccc32)c1. The number of aromatic carboxylic acids is 1. The Morgan fingerprint density at radius 2 is 1.65 bits per heavy atom. The summed E-state index contributed by atoms with van der Waals surface area (Å²) in [6.07, 6.45) is 0. The summed E-state index contributed by atoms with van der Waals surface area (Å²) in [5.41, 5.74) is 4.33. The van der Waals surface area contributed by atoms with Gasteiger partial charge in [-0.2, -0.15) is 0 Å². The molecule has 1 aromatic heterocycles. The highest BCUT2D eigenvalue weighted by Gasteiger charge is 2.15. The molecular weight excluding hydrogens is 250 g/mol. The monoisotopic (exact) mass is 265 g/mol. The first-order valence-electron chi connectivity index (χ1n) is 6.49. The molecule has 100 valence electrons. The normalized spacial score (nSPS) is 10.9. The van der Waals surface area contributed by atoms with Gasteiger partial charge in [0.1, 0.15) is 5.69 Å². The number of hydrogen-bond acceptors (Lipinski definition) is 1. The fourth-order valence-corrected chi connectivity index (χ4v) is 2.67. The predicted molar refractivity (Wildman–Crippen MR) is 79.7 cm³/mol. The molecule has 1 N–H and O–H groups in total. The van der Waals surface area contributed by atoms with E-state index in [2.05, 4.69) is 6.07 Å². The van der Waals surface area contributed by atoms with Gasteiger partial charge in [-0.05, 0) is 49.2 Å². The van der Waals surface area contributed by atoms with Crippen LogP contribution in [-0.4, -0.2) is 15.6 Å². The predicted octanol–water partition coefficient (Wildman–Crippen LogP) is 3.95. The van der Waals surface area contributed by atoms with Gasteiger partial charge in [0.15, 0.2) is 0 Å². The van der Waals surface area contributed by atoms with E-state index in [0.29, 0.717) is 0 Å². The average Bonchev–Trinajstić information content (AvgIpc) is 2.77. The molecule has 3 aromatic rings. The van der Waals surface area contributed by atoms with E-state index in [0.717, 1.165) is 27.7 Å². The molecule has 0 saturated heterocycles. The van der Waals surface area contributed by atoms with E-state index in [9.17, 15) is 9.90 Å². The topological polar surface area (TPSA) is 42.2 Å². The van der Waals surface area contributed by atoms with Crippen molar-refractivity contribution in [3.05, 3.63) is 65.4 Å². The second-order valence-electron chi connectivity index (χ2n) is 5.07. The Labute approximate surface area is 117 Å². The molecule has 3 nitrogen and oxygen atoms in total. The minimum absolute atomic E-state index is 0.288. The highest BCUT2D eigenvalue weighted by Crippen LogP contribution is 2.25. The largest absolute Gasteiger partial charge is 0.477 e. The number of benzene rings is 2. The molecule has 0 spiro atoms. The first-order chi connectivity index (χ1) is 9.56. The Bertz CT molecular complexity index is 795. The lowest BCUT2D eigenvalue weighted by atomic mass is 10.1. The summed E-state index contributed by atoms with van der Waals surface area (Å²) in [4.78, 5) is 11.5. The smallest absolute Gasteiger partial charge is 0.352 e. The van der Waals surface area contributed by atoms with Gasteiger partial charge < -0.3 is 9.67 Å². The lowest BCUT2D eigenvalue weighted by Gasteiger charge is -2.10. The summed E-state index contributed by atoms with van der Waals surface area (Å²) in [5, 5.41) is 10.4. The van der Waals surface area contributed by atoms with Crippen LogP contribution in [0.4, 0.5) is 0 Å². The van der Waals surface area contributed by atoms with E-state index < -0.39 is 5.97 Å². The third-order valence-electron chi connectivity index (χ3n) is 3.39. The summed E-state index contributed by atoms with van der Waals surface area (Å²) < 4.78 is 1.80. The number of aromatic nitrogens is 1. The van der Waals surface area contributed by atoms with Crippen LogP contribution >= 0.6 is 0 Å². The maximum absolute atomic E-state index is 11.5. The standard InChI is InChI=1S/C17H15NO2/c1-11-7-12(2)9-14(8-11)18-15-6-4-3-5-13(15)10-16(18)17(19)20/h3-10H,1-2H3,(H,19,20). The molecule has 0 bridgehead atoms. The Hall–Kier alpha value is -2.55. The summed E-state index contributed by atoms with van der Waals surface area (Å²) in [5.74, 6) is -0.916. The van der Waals surface area contributed by atoms with Crippen LogP contribution in [0.2, 0.25) is 0 Å². The second kappa shape index (κ2) is 4.53. The fraction of sp³-hybridized carbons (Fsp3) is 0.118. The number of para-hydroxylation sites is 1. The van der Waals surface area contributed by atoms with E-state index in [1.54, 1.807) is 10.6 Å². The first kappa shape index (κ1) is 12.5. The summed E-state index contributed by atoms with van der Waals surface area (Å²) >= 11 is 0. The molecule has 0 atom stereocenters. The Morgan fingerprint density at radius 1 is 1.00 bits per heavy atom. The highest BCUT2D eigenvalue weighted by molar-refractivity contribution is 5.96. The Balaban J connectivity index is 2.38. The lowest BCUT2D eigenvalue weighted by molar-refractivity contribution is 0.0688. The summed E-state index contributed by atoms with van der Waals surface area (Å²) in [7, 11) is 0. The van der Waals surface area contributed by atoms with Gasteiger partial charge in [-0.15, -0.1) is 0 Å².